The zero-order chi connectivity index (χ0) is 17.5. The molecule has 0 heterocycles. The zero-order valence-corrected chi connectivity index (χ0v) is 15.0. The quantitative estimate of drug-likeness (QED) is 0.734. The summed E-state index contributed by atoms with van der Waals surface area (Å²) in [5.41, 5.74) is 4.17. The van der Waals surface area contributed by atoms with Gasteiger partial charge in [0.15, 0.2) is 0 Å². The lowest BCUT2D eigenvalue weighted by atomic mass is 10.1. The predicted octanol–water partition coefficient (Wildman–Crippen LogP) is 4.86. The van der Waals surface area contributed by atoms with Crippen molar-refractivity contribution in [2.24, 2.45) is 0 Å². The third-order valence-corrected chi connectivity index (χ3v) is 3.93. The smallest absolute Gasteiger partial charge is 0.319 e. The maximum absolute atomic E-state index is 12.0. The van der Waals surface area contributed by atoms with Gasteiger partial charge in [0.05, 0.1) is 11.6 Å². The van der Waals surface area contributed by atoms with Gasteiger partial charge in [-0.2, -0.15) is 0 Å². The van der Waals surface area contributed by atoms with Gasteiger partial charge in [-0.15, -0.1) is 0 Å². The van der Waals surface area contributed by atoms with E-state index in [0.717, 1.165) is 16.8 Å². The van der Waals surface area contributed by atoms with Gasteiger partial charge in [0.25, 0.3) is 0 Å². The van der Waals surface area contributed by atoms with Gasteiger partial charge in [0.2, 0.25) is 0 Å². The summed E-state index contributed by atoms with van der Waals surface area (Å²) in [6.07, 6.45) is 0.699. The van der Waals surface area contributed by atoms with E-state index in [9.17, 15) is 4.79 Å². The molecule has 0 aliphatic rings. The maximum atomic E-state index is 12.0. The Kier molecular flexibility index (Phi) is 6.50. The van der Waals surface area contributed by atoms with Crippen LogP contribution in [0.25, 0.3) is 0 Å². The number of urea groups is 1. The molecule has 0 atom stereocenters. The molecule has 0 bridgehead atoms. The second kappa shape index (κ2) is 8.60. The van der Waals surface area contributed by atoms with E-state index in [1.165, 1.54) is 5.56 Å². The van der Waals surface area contributed by atoms with Gasteiger partial charge in [0.1, 0.15) is 5.75 Å². The van der Waals surface area contributed by atoms with E-state index in [1.54, 1.807) is 6.07 Å². The monoisotopic (exact) mass is 346 g/mol. The van der Waals surface area contributed by atoms with Crippen molar-refractivity contribution in [1.29, 1.82) is 0 Å². The summed E-state index contributed by atoms with van der Waals surface area (Å²) in [5, 5.41) is 6.34. The molecule has 2 amide bonds. The van der Waals surface area contributed by atoms with Gasteiger partial charge < -0.3 is 15.4 Å². The first-order valence-corrected chi connectivity index (χ1v) is 8.35. The Morgan fingerprint density at radius 2 is 1.79 bits per heavy atom. The van der Waals surface area contributed by atoms with E-state index in [1.807, 2.05) is 39.0 Å². The number of anilines is 1. The van der Waals surface area contributed by atoms with Crippen LogP contribution in [0.3, 0.4) is 0 Å². The topological polar surface area (TPSA) is 50.4 Å². The number of hydrogen-bond donors (Lipinski definition) is 2. The summed E-state index contributed by atoms with van der Waals surface area (Å²) in [5.74, 6) is 0.662. The summed E-state index contributed by atoms with van der Waals surface area (Å²) in [6.45, 7) is 7.05. The molecular weight excluding hydrogens is 324 g/mol. The number of ether oxygens (including phenoxy) is 1. The Hall–Kier alpha value is -2.20. The van der Waals surface area contributed by atoms with Crippen molar-refractivity contribution in [2.45, 2.75) is 27.2 Å². The molecule has 0 aromatic heterocycles. The van der Waals surface area contributed by atoms with E-state index in [2.05, 4.69) is 22.8 Å². The highest BCUT2D eigenvalue weighted by Crippen LogP contribution is 2.23. The average Bonchev–Trinajstić information content (AvgIpc) is 2.52. The van der Waals surface area contributed by atoms with Gasteiger partial charge in [-0.3, -0.25) is 0 Å². The highest BCUT2D eigenvalue weighted by atomic mass is 35.5. The number of halogens is 1. The van der Waals surface area contributed by atoms with E-state index in [-0.39, 0.29) is 6.03 Å². The molecule has 2 rings (SSSR count). The first kappa shape index (κ1) is 18.1. The van der Waals surface area contributed by atoms with Crippen LogP contribution < -0.4 is 15.4 Å². The number of nitrogens with one attached hydrogen (secondary N) is 2. The third-order valence-electron chi connectivity index (χ3n) is 3.62. The molecule has 0 fully saturated rings. The van der Waals surface area contributed by atoms with Crippen LogP contribution in [0.15, 0.2) is 36.4 Å². The minimum Gasteiger partial charge on any atom is -0.492 e. The summed E-state index contributed by atoms with van der Waals surface area (Å²) in [4.78, 5) is 12.0. The average molecular weight is 347 g/mol. The van der Waals surface area contributed by atoms with Crippen LogP contribution in [0.4, 0.5) is 10.5 Å². The number of hydrogen-bond acceptors (Lipinski definition) is 2. The first-order valence-electron chi connectivity index (χ1n) is 7.97. The lowest BCUT2D eigenvalue weighted by Gasteiger charge is -2.14. The van der Waals surface area contributed by atoms with Crippen LogP contribution in [-0.4, -0.2) is 19.2 Å². The Morgan fingerprint density at radius 3 is 2.46 bits per heavy atom. The molecule has 4 nitrogen and oxygen atoms in total. The minimum atomic E-state index is -0.206. The predicted molar refractivity (Wildman–Crippen MR) is 99.2 cm³/mol. The molecule has 0 radical (unpaired) electrons. The highest BCUT2D eigenvalue weighted by Gasteiger charge is 2.07. The van der Waals surface area contributed by atoms with Crippen molar-refractivity contribution in [2.75, 3.05) is 18.5 Å². The number of para-hydroxylation sites is 1. The second-order valence-electron chi connectivity index (χ2n) is 5.79. The molecule has 0 spiro atoms. The number of amides is 2. The largest absolute Gasteiger partial charge is 0.492 e. The fourth-order valence-corrected chi connectivity index (χ4v) is 2.74. The Bertz CT molecular complexity index is 693. The van der Waals surface area contributed by atoms with E-state index < -0.39 is 0 Å². The van der Waals surface area contributed by atoms with Gasteiger partial charge in [-0.05, 0) is 50.5 Å². The fourth-order valence-electron chi connectivity index (χ4n) is 2.55. The zero-order valence-electron chi connectivity index (χ0n) is 14.3. The molecule has 0 unspecified atom stereocenters. The molecule has 2 aromatic carbocycles. The number of rotatable bonds is 6. The summed E-state index contributed by atoms with van der Waals surface area (Å²) < 4.78 is 5.58. The normalized spacial score (nSPS) is 10.3. The van der Waals surface area contributed by atoms with Crippen molar-refractivity contribution in [3.05, 3.63) is 58.1 Å². The van der Waals surface area contributed by atoms with E-state index in [4.69, 9.17) is 16.3 Å². The minimum absolute atomic E-state index is 0.206. The van der Waals surface area contributed by atoms with E-state index in [0.29, 0.717) is 30.3 Å². The Morgan fingerprint density at radius 1 is 1.12 bits per heavy atom. The molecule has 24 heavy (non-hydrogen) atoms. The van der Waals surface area contributed by atoms with Crippen LogP contribution >= 0.6 is 11.6 Å². The van der Waals surface area contributed by atoms with Crippen molar-refractivity contribution in [1.82, 2.24) is 5.32 Å². The number of carbonyl (C=O) groups is 1. The van der Waals surface area contributed by atoms with Crippen LogP contribution in [0, 0.1) is 20.8 Å². The van der Waals surface area contributed by atoms with Crippen molar-refractivity contribution in [3.8, 4) is 5.75 Å². The molecule has 0 aliphatic heterocycles. The number of carbonyl (C=O) groups excluding carboxylic acids is 1. The van der Waals surface area contributed by atoms with Crippen LogP contribution in [0.2, 0.25) is 5.02 Å². The third kappa shape index (κ3) is 5.17. The molecule has 0 saturated heterocycles. The van der Waals surface area contributed by atoms with Gasteiger partial charge >= 0.3 is 6.03 Å². The first-order chi connectivity index (χ1) is 11.5. The van der Waals surface area contributed by atoms with Gasteiger partial charge in [0, 0.05) is 12.2 Å². The number of benzene rings is 2. The summed E-state index contributed by atoms with van der Waals surface area (Å²) >= 11 is 6.01. The molecule has 128 valence electrons. The standard InChI is InChI=1S/C19H23ClN2O2/c1-13-11-14(2)18(15(3)12-13)22-19(23)21-9-6-10-24-17-8-5-4-7-16(17)20/h4-5,7-8,11-12H,6,9-10H2,1-3H3,(H2,21,22,23). The SMILES string of the molecule is Cc1cc(C)c(NC(=O)NCCCOc2ccccc2Cl)c(C)c1. The van der Waals surface area contributed by atoms with Gasteiger partial charge in [-0.25, -0.2) is 4.79 Å². The molecule has 5 heteroatoms. The Labute approximate surface area is 148 Å². The van der Waals surface area contributed by atoms with Crippen LogP contribution in [0.1, 0.15) is 23.1 Å². The molecule has 2 N–H and O–H groups in total. The van der Waals surface area contributed by atoms with Crippen molar-refractivity contribution < 1.29 is 9.53 Å². The van der Waals surface area contributed by atoms with Crippen molar-refractivity contribution in [3.63, 3.8) is 0 Å². The lowest BCUT2D eigenvalue weighted by molar-refractivity contribution is 0.250. The second-order valence-corrected chi connectivity index (χ2v) is 6.19. The maximum Gasteiger partial charge on any atom is 0.319 e. The highest BCUT2D eigenvalue weighted by molar-refractivity contribution is 6.32. The fraction of sp³-hybridized carbons (Fsp3) is 0.316. The van der Waals surface area contributed by atoms with Crippen LogP contribution in [0.5, 0.6) is 5.75 Å². The molecule has 0 aliphatic carbocycles. The van der Waals surface area contributed by atoms with Gasteiger partial charge in [-0.1, -0.05) is 41.4 Å². The molecule has 2 aromatic rings. The lowest BCUT2D eigenvalue weighted by Crippen LogP contribution is -2.30. The summed E-state index contributed by atoms with van der Waals surface area (Å²) in [7, 11) is 0. The molecular formula is C19H23ClN2O2. The Balaban J connectivity index is 1.73. The van der Waals surface area contributed by atoms with Crippen molar-refractivity contribution >= 4 is 23.3 Å². The number of aryl methyl sites for hydroxylation is 3. The van der Waals surface area contributed by atoms with E-state index >= 15 is 0 Å². The van der Waals surface area contributed by atoms with Crippen LogP contribution in [-0.2, 0) is 0 Å². The summed E-state index contributed by atoms with van der Waals surface area (Å²) in [6, 6.07) is 11.2. The molecule has 0 saturated carbocycles.